The fraction of sp³-hybridized carbons (Fsp3) is 0.350. The van der Waals surface area contributed by atoms with Crippen molar-refractivity contribution in [2.24, 2.45) is 0 Å². The number of sulfonamides is 1. The second kappa shape index (κ2) is 10.2. The molecular weight excluding hydrogens is 412 g/mol. The summed E-state index contributed by atoms with van der Waals surface area (Å²) < 4.78 is 36.4. The van der Waals surface area contributed by atoms with E-state index in [1.807, 2.05) is 0 Å². The quantitative estimate of drug-likeness (QED) is 0.429. The van der Waals surface area contributed by atoms with Crippen LogP contribution in [0.3, 0.4) is 0 Å². The lowest BCUT2D eigenvalue weighted by molar-refractivity contribution is -0.142. The minimum atomic E-state index is -3.72. The number of aromatic nitrogens is 1. The summed E-state index contributed by atoms with van der Waals surface area (Å²) in [6, 6.07) is 7.74. The molecule has 1 aromatic carbocycles. The third-order valence-corrected chi connectivity index (χ3v) is 5.71. The molecule has 0 atom stereocenters. The second-order valence-electron chi connectivity index (χ2n) is 6.39. The van der Waals surface area contributed by atoms with E-state index in [1.165, 1.54) is 12.1 Å². The van der Waals surface area contributed by atoms with Crippen LogP contribution in [0.1, 0.15) is 45.4 Å². The summed E-state index contributed by atoms with van der Waals surface area (Å²) in [4.78, 5) is 39.1. The number of Topliss-reactive ketones (excluding diaryl/α,β-unsaturated/α-hetero) is 1. The highest BCUT2D eigenvalue weighted by Crippen LogP contribution is 2.19. The Balaban J connectivity index is 1.88. The van der Waals surface area contributed by atoms with Crippen molar-refractivity contribution >= 4 is 27.7 Å². The highest BCUT2D eigenvalue weighted by molar-refractivity contribution is 7.89. The lowest BCUT2D eigenvalue weighted by atomic mass is 10.1. The summed E-state index contributed by atoms with van der Waals surface area (Å²) in [7, 11) is -3.72. The van der Waals surface area contributed by atoms with E-state index in [-0.39, 0.29) is 35.7 Å². The molecule has 0 fully saturated rings. The predicted molar refractivity (Wildman–Crippen MR) is 108 cm³/mol. The minimum absolute atomic E-state index is 0.0874. The van der Waals surface area contributed by atoms with Crippen LogP contribution in [0.5, 0.6) is 0 Å². The van der Waals surface area contributed by atoms with Crippen LogP contribution >= 0.6 is 0 Å². The Kier molecular flexibility index (Phi) is 7.90. The molecular formula is C20H24N2O7S. The van der Waals surface area contributed by atoms with Gasteiger partial charge in [0.15, 0.2) is 6.61 Å². The van der Waals surface area contributed by atoms with Crippen LogP contribution < -0.4 is 4.72 Å². The van der Waals surface area contributed by atoms with E-state index in [4.69, 9.17) is 9.47 Å². The number of nitrogens with one attached hydrogen (secondary N) is 2. The molecule has 9 nitrogen and oxygen atoms in total. The predicted octanol–water partition coefficient (Wildman–Crippen LogP) is 1.90. The topological polar surface area (TPSA) is 132 Å². The van der Waals surface area contributed by atoms with E-state index >= 15 is 0 Å². The summed E-state index contributed by atoms with van der Waals surface area (Å²) in [5.41, 5.74) is 1.32. The van der Waals surface area contributed by atoms with Gasteiger partial charge in [-0.1, -0.05) is 18.2 Å². The molecule has 2 aromatic rings. The molecule has 0 spiro atoms. The van der Waals surface area contributed by atoms with Crippen LogP contribution in [-0.2, 0) is 24.3 Å². The number of benzene rings is 1. The zero-order chi connectivity index (χ0) is 22.3. The van der Waals surface area contributed by atoms with Gasteiger partial charge < -0.3 is 14.5 Å². The average Bonchev–Trinajstić information content (AvgIpc) is 3.01. The van der Waals surface area contributed by atoms with Gasteiger partial charge in [0.05, 0.1) is 17.9 Å². The van der Waals surface area contributed by atoms with Crippen LogP contribution in [0.2, 0.25) is 0 Å². The first-order valence-corrected chi connectivity index (χ1v) is 10.8. The Hall–Kier alpha value is -2.98. The summed E-state index contributed by atoms with van der Waals surface area (Å²) in [5, 5.41) is 0. The monoisotopic (exact) mass is 436 g/mol. The first-order chi connectivity index (χ1) is 14.2. The average molecular weight is 436 g/mol. The van der Waals surface area contributed by atoms with Crippen LogP contribution in [0.15, 0.2) is 35.2 Å². The van der Waals surface area contributed by atoms with Crippen LogP contribution in [-0.4, -0.2) is 50.9 Å². The maximum Gasteiger partial charge on any atom is 0.355 e. The maximum atomic E-state index is 12.4. The second-order valence-corrected chi connectivity index (χ2v) is 8.16. The van der Waals surface area contributed by atoms with E-state index in [2.05, 4.69) is 9.71 Å². The number of H-pyrrole nitrogens is 1. The van der Waals surface area contributed by atoms with Crippen molar-refractivity contribution in [3.63, 3.8) is 0 Å². The van der Waals surface area contributed by atoms with Gasteiger partial charge in [-0.2, -0.15) is 0 Å². The molecule has 0 aliphatic carbocycles. The van der Waals surface area contributed by atoms with Gasteiger partial charge in [0.2, 0.25) is 15.8 Å². The molecule has 10 heteroatoms. The number of carbonyl (C=O) groups is 3. The summed E-state index contributed by atoms with van der Waals surface area (Å²) >= 11 is 0. The molecule has 0 saturated heterocycles. The standard InChI is InChI=1S/C20H24N2O7S/c1-4-28-20(25)19-13(2)18(14(3)22-19)16(23)12-29-17(24)10-11-21-30(26,27)15-8-6-5-7-9-15/h5-9,21-22H,4,10-12H2,1-3H3. The third-order valence-electron chi connectivity index (χ3n) is 4.23. The lowest BCUT2D eigenvalue weighted by Gasteiger charge is -2.07. The number of esters is 2. The first kappa shape index (κ1) is 23.3. The molecule has 0 saturated carbocycles. The number of ether oxygens (including phenoxy) is 2. The first-order valence-electron chi connectivity index (χ1n) is 9.27. The molecule has 30 heavy (non-hydrogen) atoms. The largest absolute Gasteiger partial charge is 0.461 e. The van der Waals surface area contributed by atoms with Gasteiger partial charge in [0.1, 0.15) is 5.69 Å². The molecule has 1 aromatic heterocycles. The smallest absolute Gasteiger partial charge is 0.355 e. The van der Waals surface area contributed by atoms with Gasteiger partial charge in [0, 0.05) is 17.8 Å². The fourth-order valence-electron chi connectivity index (χ4n) is 2.84. The number of hydrogen-bond acceptors (Lipinski definition) is 7. The van der Waals surface area contributed by atoms with E-state index < -0.39 is 34.4 Å². The van der Waals surface area contributed by atoms with Crippen molar-refractivity contribution in [3.05, 3.63) is 52.8 Å². The normalized spacial score (nSPS) is 11.2. The molecule has 0 aliphatic rings. The SMILES string of the molecule is CCOC(=O)c1[nH]c(C)c(C(=O)COC(=O)CCNS(=O)(=O)c2ccccc2)c1C. The zero-order valence-electron chi connectivity index (χ0n) is 17.0. The van der Waals surface area contributed by atoms with E-state index in [1.54, 1.807) is 39.0 Å². The van der Waals surface area contributed by atoms with Gasteiger partial charge in [-0.25, -0.2) is 17.9 Å². The van der Waals surface area contributed by atoms with Crippen molar-refractivity contribution < 1.29 is 32.3 Å². The minimum Gasteiger partial charge on any atom is -0.461 e. The van der Waals surface area contributed by atoms with E-state index in [9.17, 15) is 22.8 Å². The molecule has 0 amide bonds. The highest BCUT2D eigenvalue weighted by atomic mass is 32.2. The number of ketones is 1. The highest BCUT2D eigenvalue weighted by Gasteiger charge is 2.23. The molecule has 0 unspecified atom stereocenters. The van der Waals surface area contributed by atoms with Crippen molar-refractivity contribution in [2.75, 3.05) is 19.8 Å². The fourth-order valence-corrected chi connectivity index (χ4v) is 3.89. The van der Waals surface area contributed by atoms with Crippen molar-refractivity contribution in [2.45, 2.75) is 32.1 Å². The molecule has 2 N–H and O–H groups in total. The van der Waals surface area contributed by atoms with Crippen LogP contribution in [0.25, 0.3) is 0 Å². The molecule has 1 heterocycles. The van der Waals surface area contributed by atoms with Gasteiger partial charge in [-0.3, -0.25) is 9.59 Å². The lowest BCUT2D eigenvalue weighted by Crippen LogP contribution is -2.27. The van der Waals surface area contributed by atoms with E-state index in [0.717, 1.165) is 0 Å². The maximum absolute atomic E-state index is 12.4. The van der Waals surface area contributed by atoms with Gasteiger partial charge in [0.25, 0.3) is 0 Å². The van der Waals surface area contributed by atoms with Crippen molar-refractivity contribution in [1.29, 1.82) is 0 Å². The number of rotatable bonds is 10. The van der Waals surface area contributed by atoms with Crippen molar-refractivity contribution in [1.82, 2.24) is 9.71 Å². The molecule has 0 bridgehead atoms. The van der Waals surface area contributed by atoms with E-state index in [0.29, 0.717) is 11.3 Å². The summed E-state index contributed by atoms with van der Waals surface area (Å²) in [5.74, 6) is -1.77. The van der Waals surface area contributed by atoms with Gasteiger partial charge >= 0.3 is 11.9 Å². The molecule has 0 aliphatic heterocycles. The molecule has 2 rings (SSSR count). The van der Waals surface area contributed by atoms with Gasteiger partial charge in [-0.15, -0.1) is 0 Å². The Morgan fingerprint density at radius 3 is 2.37 bits per heavy atom. The summed E-state index contributed by atoms with van der Waals surface area (Å²) in [6.07, 6.45) is -0.238. The zero-order valence-corrected chi connectivity index (χ0v) is 17.8. The Labute approximate surface area is 174 Å². The number of aromatic amines is 1. The number of carbonyl (C=O) groups excluding carboxylic acids is 3. The summed E-state index contributed by atoms with van der Waals surface area (Å²) in [6.45, 7) is 4.41. The van der Waals surface area contributed by atoms with Crippen LogP contribution in [0, 0.1) is 13.8 Å². The molecule has 0 radical (unpaired) electrons. The molecule has 162 valence electrons. The van der Waals surface area contributed by atoms with Crippen LogP contribution in [0.4, 0.5) is 0 Å². The number of aryl methyl sites for hydroxylation is 1. The number of hydrogen-bond donors (Lipinski definition) is 2. The Morgan fingerprint density at radius 2 is 1.73 bits per heavy atom. The third kappa shape index (κ3) is 5.77. The Bertz CT molecular complexity index is 1030. The van der Waals surface area contributed by atoms with Crippen molar-refractivity contribution in [3.8, 4) is 0 Å². The van der Waals surface area contributed by atoms with Gasteiger partial charge in [-0.05, 0) is 38.5 Å². The Morgan fingerprint density at radius 1 is 1.07 bits per heavy atom.